The fraction of sp³-hybridized carbons (Fsp3) is 0.400. The summed E-state index contributed by atoms with van der Waals surface area (Å²) < 4.78 is 0.861. The summed E-state index contributed by atoms with van der Waals surface area (Å²) in [7, 11) is 0. The van der Waals surface area contributed by atoms with Crippen molar-refractivity contribution < 1.29 is 0 Å². The van der Waals surface area contributed by atoms with Gasteiger partial charge in [0.05, 0.1) is 0 Å². The standard InChI is InChI=1S/C15H18N2S2/c18-15-16-11-14(19-15)10-12-4-6-13(7-5-12)17-8-2-1-3-9-17/h4-7,11H,1-3,8-10H2,(H,16,18). The molecule has 0 amide bonds. The normalized spacial score (nSPS) is 15.7. The zero-order chi connectivity index (χ0) is 13.1. The van der Waals surface area contributed by atoms with Gasteiger partial charge in [-0.05, 0) is 49.2 Å². The number of benzene rings is 1. The molecule has 1 aliphatic heterocycles. The minimum absolute atomic E-state index is 0.861. The second kappa shape index (κ2) is 5.88. The molecule has 1 fully saturated rings. The Morgan fingerprint density at radius 1 is 1.11 bits per heavy atom. The number of hydrogen-bond donors (Lipinski definition) is 1. The van der Waals surface area contributed by atoms with E-state index in [9.17, 15) is 0 Å². The van der Waals surface area contributed by atoms with Crippen molar-refractivity contribution in [2.75, 3.05) is 18.0 Å². The van der Waals surface area contributed by atoms with Crippen LogP contribution in [-0.2, 0) is 6.42 Å². The van der Waals surface area contributed by atoms with Crippen molar-refractivity contribution in [2.24, 2.45) is 0 Å². The minimum atomic E-state index is 0.861. The van der Waals surface area contributed by atoms with Gasteiger partial charge >= 0.3 is 0 Å². The van der Waals surface area contributed by atoms with Crippen molar-refractivity contribution in [3.63, 3.8) is 0 Å². The van der Waals surface area contributed by atoms with E-state index in [0.717, 1.165) is 10.4 Å². The Morgan fingerprint density at radius 3 is 2.47 bits per heavy atom. The van der Waals surface area contributed by atoms with Crippen molar-refractivity contribution in [3.05, 3.63) is 44.9 Å². The molecule has 0 aliphatic carbocycles. The molecule has 1 saturated heterocycles. The number of nitrogens with zero attached hydrogens (tertiary/aromatic N) is 1. The van der Waals surface area contributed by atoms with Crippen LogP contribution in [0.4, 0.5) is 5.69 Å². The van der Waals surface area contributed by atoms with E-state index in [1.807, 2.05) is 6.20 Å². The number of rotatable bonds is 3. The molecule has 0 bridgehead atoms. The third kappa shape index (κ3) is 3.25. The first kappa shape index (κ1) is 12.9. The summed E-state index contributed by atoms with van der Waals surface area (Å²) >= 11 is 6.78. The smallest absolute Gasteiger partial charge is 0.158 e. The van der Waals surface area contributed by atoms with E-state index < -0.39 is 0 Å². The highest BCUT2D eigenvalue weighted by molar-refractivity contribution is 7.73. The van der Waals surface area contributed by atoms with Crippen LogP contribution in [0.25, 0.3) is 0 Å². The number of aromatic nitrogens is 1. The molecule has 100 valence electrons. The summed E-state index contributed by atoms with van der Waals surface area (Å²) in [5, 5.41) is 0. The lowest BCUT2D eigenvalue weighted by atomic mass is 10.1. The first-order valence-electron chi connectivity index (χ1n) is 6.82. The summed E-state index contributed by atoms with van der Waals surface area (Å²) in [5.74, 6) is 0. The number of aromatic amines is 1. The largest absolute Gasteiger partial charge is 0.372 e. The fourth-order valence-electron chi connectivity index (χ4n) is 2.58. The van der Waals surface area contributed by atoms with Gasteiger partial charge in [0.2, 0.25) is 0 Å². The molecule has 0 radical (unpaired) electrons. The summed E-state index contributed by atoms with van der Waals surface area (Å²) in [6, 6.07) is 9.00. The predicted molar refractivity (Wildman–Crippen MR) is 84.8 cm³/mol. The van der Waals surface area contributed by atoms with Crippen LogP contribution in [0.2, 0.25) is 0 Å². The highest BCUT2D eigenvalue weighted by atomic mass is 32.1. The minimum Gasteiger partial charge on any atom is -0.372 e. The van der Waals surface area contributed by atoms with E-state index >= 15 is 0 Å². The lowest BCUT2D eigenvalue weighted by Gasteiger charge is -2.28. The van der Waals surface area contributed by atoms with Crippen LogP contribution in [0, 0.1) is 3.95 Å². The third-order valence-corrected chi connectivity index (χ3v) is 4.81. The van der Waals surface area contributed by atoms with Gasteiger partial charge in [-0.3, -0.25) is 0 Å². The quantitative estimate of drug-likeness (QED) is 0.846. The van der Waals surface area contributed by atoms with Gasteiger partial charge in [0.15, 0.2) is 3.95 Å². The first-order valence-corrected chi connectivity index (χ1v) is 8.05. The van der Waals surface area contributed by atoms with Gasteiger partial charge in [-0.2, -0.15) is 0 Å². The van der Waals surface area contributed by atoms with Gasteiger partial charge in [0.25, 0.3) is 0 Å². The molecular formula is C15H18N2S2. The Hall–Kier alpha value is -1.13. The Labute approximate surface area is 123 Å². The predicted octanol–water partition coefficient (Wildman–Crippen LogP) is 4.39. The molecule has 4 heteroatoms. The maximum atomic E-state index is 5.11. The van der Waals surface area contributed by atoms with E-state index in [4.69, 9.17) is 12.2 Å². The topological polar surface area (TPSA) is 19.0 Å². The zero-order valence-corrected chi connectivity index (χ0v) is 12.5. The summed E-state index contributed by atoms with van der Waals surface area (Å²) in [6.07, 6.45) is 7.03. The average Bonchev–Trinajstić information content (AvgIpc) is 2.86. The van der Waals surface area contributed by atoms with Gasteiger partial charge in [-0.15, -0.1) is 11.3 Å². The van der Waals surface area contributed by atoms with Crippen molar-refractivity contribution in [1.82, 2.24) is 4.98 Å². The Balaban J connectivity index is 1.69. The van der Waals surface area contributed by atoms with Crippen molar-refractivity contribution >= 4 is 29.2 Å². The molecule has 2 aromatic rings. The maximum absolute atomic E-state index is 5.11. The number of nitrogens with one attached hydrogen (secondary N) is 1. The summed E-state index contributed by atoms with van der Waals surface area (Å²) in [5.41, 5.74) is 2.72. The van der Waals surface area contributed by atoms with Gasteiger partial charge in [-0.25, -0.2) is 0 Å². The molecule has 19 heavy (non-hydrogen) atoms. The van der Waals surface area contributed by atoms with Crippen LogP contribution < -0.4 is 4.90 Å². The van der Waals surface area contributed by atoms with Gasteiger partial charge in [0.1, 0.15) is 0 Å². The molecule has 1 aromatic carbocycles. The number of hydrogen-bond acceptors (Lipinski definition) is 3. The van der Waals surface area contributed by atoms with E-state index in [2.05, 4.69) is 34.1 Å². The SMILES string of the molecule is S=c1[nH]cc(Cc2ccc(N3CCCCC3)cc2)s1. The number of piperidine rings is 1. The van der Waals surface area contributed by atoms with E-state index in [0.29, 0.717) is 0 Å². The van der Waals surface area contributed by atoms with Crippen LogP contribution in [0.1, 0.15) is 29.7 Å². The molecule has 0 saturated carbocycles. The monoisotopic (exact) mass is 290 g/mol. The number of thiazole rings is 1. The molecule has 2 heterocycles. The molecule has 1 aliphatic rings. The molecule has 0 unspecified atom stereocenters. The van der Waals surface area contributed by atoms with Crippen LogP contribution >= 0.6 is 23.6 Å². The third-order valence-electron chi connectivity index (χ3n) is 3.61. The molecule has 3 rings (SSSR count). The van der Waals surface area contributed by atoms with Crippen molar-refractivity contribution in [1.29, 1.82) is 0 Å². The van der Waals surface area contributed by atoms with E-state index in [1.165, 1.54) is 48.5 Å². The van der Waals surface area contributed by atoms with E-state index in [-0.39, 0.29) is 0 Å². The van der Waals surface area contributed by atoms with Gasteiger partial charge < -0.3 is 9.88 Å². The Morgan fingerprint density at radius 2 is 1.84 bits per heavy atom. The Bertz CT molecular complexity index is 577. The number of anilines is 1. The fourth-order valence-corrected chi connectivity index (χ4v) is 3.68. The summed E-state index contributed by atoms with van der Waals surface area (Å²) in [4.78, 5) is 6.87. The van der Waals surface area contributed by atoms with E-state index in [1.54, 1.807) is 11.3 Å². The molecule has 1 aromatic heterocycles. The highest BCUT2D eigenvalue weighted by Crippen LogP contribution is 2.22. The zero-order valence-electron chi connectivity index (χ0n) is 10.9. The lowest BCUT2D eigenvalue weighted by molar-refractivity contribution is 0.578. The molecule has 2 nitrogen and oxygen atoms in total. The van der Waals surface area contributed by atoms with Gasteiger partial charge in [0, 0.05) is 36.3 Å². The van der Waals surface area contributed by atoms with Crippen molar-refractivity contribution in [2.45, 2.75) is 25.7 Å². The molecule has 0 spiro atoms. The number of H-pyrrole nitrogens is 1. The highest BCUT2D eigenvalue weighted by Gasteiger charge is 2.10. The molecule has 0 atom stereocenters. The average molecular weight is 290 g/mol. The molecule has 1 N–H and O–H groups in total. The van der Waals surface area contributed by atoms with Crippen LogP contribution in [-0.4, -0.2) is 18.1 Å². The first-order chi connectivity index (χ1) is 9.31. The van der Waals surface area contributed by atoms with Crippen molar-refractivity contribution in [3.8, 4) is 0 Å². The second-order valence-electron chi connectivity index (χ2n) is 5.04. The van der Waals surface area contributed by atoms with Crippen LogP contribution in [0.3, 0.4) is 0 Å². The second-order valence-corrected chi connectivity index (χ2v) is 6.84. The Kier molecular flexibility index (Phi) is 3.99. The summed E-state index contributed by atoms with van der Waals surface area (Å²) in [6.45, 7) is 2.41. The maximum Gasteiger partial charge on any atom is 0.158 e. The lowest BCUT2D eigenvalue weighted by Crippen LogP contribution is -2.29. The van der Waals surface area contributed by atoms with Crippen LogP contribution in [0.5, 0.6) is 0 Å². The van der Waals surface area contributed by atoms with Crippen LogP contribution in [0.15, 0.2) is 30.5 Å². The molecular weight excluding hydrogens is 272 g/mol. The van der Waals surface area contributed by atoms with Gasteiger partial charge in [-0.1, -0.05) is 12.1 Å².